The van der Waals surface area contributed by atoms with Crippen molar-refractivity contribution < 1.29 is 4.79 Å². The van der Waals surface area contributed by atoms with E-state index in [4.69, 9.17) is 0 Å². The van der Waals surface area contributed by atoms with Crippen LogP contribution in [-0.2, 0) is 11.3 Å². The van der Waals surface area contributed by atoms with Crippen molar-refractivity contribution in [2.75, 3.05) is 25.9 Å². The number of hydrogen-bond acceptors (Lipinski definition) is 3. The molecular weight excluding hydrogens is 447 g/mol. The fraction of sp³-hybridized carbons (Fsp3) is 0.556. The van der Waals surface area contributed by atoms with Crippen LogP contribution in [0.15, 0.2) is 28.1 Å². The number of halogens is 1. The van der Waals surface area contributed by atoms with E-state index in [2.05, 4.69) is 52.3 Å². The maximum atomic E-state index is 11.6. The number of benzene rings is 1. The Bertz CT molecular complexity index is 552. The van der Waals surface area contributed by atoms with E-state index in [1.54, 1.807) is 11.8 Å². The van der Waals surface area contributed by atoms with Crippen molar-refractivity contribution in [3.05, 3.63) is 29.3 Å². The van der Waals surface area contributed by atoms with Gasteiger partial charge in [0.05, 0.1) is 6.54 Å². The van der Waals surface area contributed by atoms with Gasteiger partial charge < -0.3 is 16.0 Å². The van der Waals surface area contributed by atoms with Crippen molar-refractivity contribution in [3.8, 4) is 0 Å². The minimum absolute atomic E-state index is 0. The molecule has 1 aromatic carbocycles. The molecule has 0 spiro atoms. The number of nitrogens with one attached hydrogen (secondary N) is 3. The summed E-state index contributed by atoms with van der Waals surface area (Å²) in [6.45, 7) is 8.89. The monoisotopic (exact) mass is 478 g/mol. The van der Waals surface area contributed by atoms with Gasteiger partial charge in [-0.15, -0.1) is 35.7 Å². The van der Waals surface area contributed by atoms with E-state index >= 15 is 0 Å². The van der Waals surface area contributed by atoms with Gasteiger partial charge in [0, 0.05) is 31.0 Å². The quantitative estimate of drug-likeness (QED) is 0.221. The molecule has 0 aliphatic heterocycles. The average Bonchev–Trinajstić information content (AvgIpc) is 2.58. The van der Waals surface area contributed by atoms with Crippen LogP contribution in [0.2, 0.25) is 0 Å². The fourth-order valence-electron chi connectivity index (χ4n) is 2.14. The summed E-state index contributed by atoms with van der Waals surface area (Å²) in [5.74, 6) is 0.817. The lowest BCUT2D eigenvalue weighted by atomic mass is 10.1. The van der Waals surface area contributed by atoms with E-state index in [0.717, 1.165) is 25.5 Å². The first-order valence-electron chi connectivity index (χ1n) is 8.53. The molecule has 0 aliphatic carbocycles. The van der Waals surface area contributed by atoms with Gasteiger partial charge in [0.2, 0.25) is 5.91 Å². The Hall–Kier alpha value is -0.960. The maximum Gasteiger partial charge on any atom is 0.221 e. The Morgan fingerprint density at radius 2 is 1.92 bits per heavy atom. The summed E-state index contributed by atoms with van der Waals surface area (Å²) in [6, 6.07) is 6.43. The van der Waals surface area contributed by atoms with Crippen molar-refractivity contribution >= 4 is 47.6 Å². The summed E-state index contributed by atoms with van der Waals surface area (Å²) in [6.07, 6.45) is 3.49. The van der Waals surface area contributed by atoms with Crippen molar-refractivity contribution in [2.45, 2.75) is 45.1 Å². The number of rotatable bonds is 9. The zero-order valence-corrected chi connectivity index (χ0v) is 18.8. The highest BCUT2D eigenvalue weighted by Crippen LogP contribution is 2.22. The molecule has 25 heavy (non-hydrogen) atoms. The average molecular weight is 478 g/mol. The third-order valence-corrected chi connectivity index (χ3v) is 4.23. The predicted octanol–water partition coefficient (Wildman–Crippen LogP) is 3.31. The summed E-state index contributed by atoms with van der Waals surface area (Å²) < 4.78 is 0. The highest BCUT2D eigenvalue weighted by atomic mass is 127. The Morgan fingerprint density at radius 3 is 2.56 bits per heavy atom. The molecule has 0 bridgehead atoms. The van der Waals surface area contributed by atoms with E-state index < -0.39 is 0 Å². The number of carbonyl (C=O) groups excluding carboxylic acids is 1. The molecule has 0 unspecified atom stereocenters. The zero-order chi connectivity index (χ0) is 17.8. The molecule has 1 amide bonds. The van der Waals surface area contributed by atoms with Crippen LogP contribution >= 0.6 is 35.7 Å². The summed E-state index contributed by atoms with van der Waals surface area (Å²) in [4.78, 5) is 17.5. The second-order valence-electron chi connectivity index (χ2n) is 5.54. The number of nitrogens with zero attached hydrogens (tertiary/aromatic N) is 1. The number of carbonyl (C=O) groups is 1. The number of aryl methyl sites for hydroxylation is 1. The molecule has 0 aromatic heterocycles. The summed E-state index contributed by atoms with van der Waals surface area (Å²) in [5.41, 5.74) is 2.47. The summed E-state index contributed by atoms with van der Waals surface area (Å²) in [7, 11) is 0. The van der Waals surface area contributed by atoms with Crippen LogP contribution in [0.25, 0.3) is 0 Å². The third kappa shape index (κ3) is 9.94. The molecular formula is C18H31IN4OS. The van der Waals surface area contributed by atoms with Crippen LogP contribution in [0.3, 0.4) is 0 Å². The SMILES string of the molecule is CCCNC(=O)CCNC(=NCc1ccc(C)cc1SC)NCC.I. The summed E-state index contributed by atoms with van der Waals surface area (Å²) in [5, 5.41) is 9.31. The lowest BCUT2D eigenvalue weighted by molar-refractivity contribution is -0.120. The topological polar surface area (TPSA) is 65.5 Å². The van der Waals surface area contributed by atoms with E-state index in [9.17, 15) is 4.79 Å². The van der Waals surface area contributed by atoms with Crippen LogP contribution in [0.1, 0.15) is 37.8 Å². The van der Waals surface area contributed by atoms with Gasteiger partial charge in [-0.3, -0.25) is 4.79 Å². The zero-order valence-electron chi connectivity index (χ0n) is 15.6. The number of aliphatic imine (C=N–C) groups is 1. The van der Waals surface area contributed by atoms with Crippen LogP contribution in [0.4, 0.5) is 0 Å². The Labute approximate surface area is 173 Å². The van der Waals surface area contributed by atoms with Gasteiger partial charge in [0.1, 0.15) is 0 Å². The first-order valence-corrected chi connectivity index (χ1v) is 9.75. The van der Waals surface area contributed by atoms with Crippen molar-refractivity contribution in [3.63, 3.8) is 0 Å². The molecule has 7 heteroatoms. The van der Waals surface area contributed by atoms with Gasteiger partial charge in [-0.2, -0.15) is 0 Å². The minimum Gasteiger partial charge on any atom is -0.357 e. The fourth-order valence-corrected chi connectivity index (χ4v) is 2.83. The van der Waals surface area contributed by atoms with Crippen molar-refractivity contribution in [1.29, 1.82) is 0 Å². The smallest absolute Gasteiger partial charge is 0.221 e. The first-order chi connectivity index (χ1) is 11.6. The predicted molar refractivity (Wildman–Crippen MR) is 119 cm³/mol. The molecule has 0 saturated carbocycles. The van der Waals surface area contributed by atoms with Crippen LogP contribution < -0.4 is 16.0 Å². The normalized spacial score (nSPS) is 10.8. The highest BCUT2D eigenvalue weighted by Gasteiger charge is 2.04. The molecule has 3 N–H and O–H groups in total. The molecule has 5 nitrogen and oxygen atoms in total. The highest BCUT2D eigenvalue weighted by molar-refractivity contribution is 14.0. The molecule has 0 saturated heterocycles. The van der Waals surface area contributed by atoms with Crippen LogP contribution in [-0.4, -0.2) is 37.8 Å². The second-order valence-corrected chi connectivity index (χ2v) is 6.39. The molecule has 0 atom stereocenters. The van der Waals surface area contributed by atoms with E-state index in [0.29, 0.717) is 19.5 Å². The molecule has 0 aliphatic rings. The first kappa shape index (κ1) is 24.0. The number of guanidine groups is 1. The second kappa shape index (κ2) is 14.2. The summed E-state index contributed by atoms with van der Waals surface area (Å²) >= 11 is 1.74. The van der Waals surface area contributed by atoms with E-state index in [1.165, 1.54) is 16.0 Å². The number of hydrogen-bond donors (Lipinski definition) is 3. The molecule has 1 aromatic rings. The Kier molecular flexibility index (Phi) is 13.7. The van der Waals surface area contributed by atoms with Gasteiger partial charge >= 0.3 is 0 Å². The molecule has 0 fully saturated rings. The largest absolute Gasteiger partial charge is 0.357 e. The van der Waals surface area contributed by atoms with Crippen LogP contribution in [0.5, 0.6) is 0 Å². The maximum absolute atomic E-state index is 11.6. The van der Waals surface area contributed by atoms with Gasteiger partial charge in [0.25, 0.3) is 0 Å². The number of amides is 1. The minimum atomic E-state index is 0. The molecule has 0 radical (unpaired) electrons. The van der Waals surface area contributed by atoms with Gasteiger partial charge in [0.15, 0.2) is 5.96 Å². The van der Waals surface area contributed by atoms with Gasteiger partial charge in [-0.25, -0.2) is 4.99 Å². The standard InChI is InChI=1S/C18H30N4OS.HI/c1-5-10-20-17(23)9-11-21-18(19-6-2)22-13-15-8-7-14(3)12-16(15)24-4;/h7-8,12H,5-6,9-11,13H2,1-4H3,(H,20,23)(H2,19,21,22);1H. The van der Waals surface area contributed by atoms with Gasteiger partial charge in [-0.1, -0.05) is 19.1 Å². The lowest BCUT2D eigenvalue weighted by Crippen LogP contribution is -2.39. The molecule has 0 heterocycles. The van der Waals surface area contributed by atoms with E-state index in [1.807, 2.05) is 13.8 Å². The van der Waals surface area contributed by atoms with Crippen molar-refractivity contribution in [1.82, 2.24) is 16.0 Å². The number of thioether (sulfide) groups is 1. The van der Waals surface area contributed by atoms with Gasteiger partial charge in [-0.05, 0) is 43.7 Å². The lowest BCUT2D eigenvalue weighted by Gasteiger charge is -2.12. The Morgan fingerprint density at radius 1 is 1.16 bits per heavy atom. The molecule has 1 rings (SSSR count). The van der Waals surface area contributed by atoms with Crippen LogP contribution in [0, 0.1) is 6.92 Å². The Balaban J connectivity index is 0.00000576. The third-order valence-electron chi connectivity index (χ3n) is 3.41. The van der Waals surface area contributed by atoms with E-state index in [-0.39, 0.29) is 29.9 Å². The van der Waals surface area contributed by atoms with Crippen molar-refractivity contribution in [2.24, 2.45) is 4.99 Å². The molecule has 142 valence electrons.